The number of imidazole rings is 1. The van der Waals surface area contributed by atoms with Gasteiger partial charge < -0.3 is 14.9 Å². The molecule has 1 saturated heterocycles. The maximum Gasteiger partial charge on any atom is 0.256 e. The molecule has 1 atom stereocenters. The monoisotopic (exact) mass is 400 g/mol. The quantitative estimate of drug-likeness (QED) is 0.531. The largest absolute Gasteiger partial charge is 0.357 e. The first-order chi connectivity index (χ1) is 14.7. The Bertz CT molecular complexity index is 1160. The predicted molar refractivity (Wildman–Crippen MR) is 117 cm³/mol. The first-order valence-corrected chi connectivity index (χ1v) is 10.3. The van der Waals surface area contributed by atoms with Crippen LogP contribution in [0.3, 0.4) is 0 Å². The van der Waals surface area contributed by atoms with Gasteiger partial charge in [0.1, 0.15) is 5.82 Å². The summed E-state index contributed by atoms with van der Waals surface area (Å²) >= 11 is 0. The highest BCUT2D eigenvalue weighted by Crippen LogP contribution is 2.23. The smallest absolute Gasteiger partial charge is 0.256 e. The zero-order chi connectivity index (χ0) is 20.5. The van der Waals surface area contributed by atoms with Gasteiger partial charge >= 0.3 is 0 Å². The molecule has 5 rings (SSSR count). The molecule has 4 aromatic rings. The molecule has 1 aliphatic rings. The van der Waals surface area contributed by atoms with E-state index < -0.39 is 0 Å². The van der Waals surface area contributed by atoms with Crippen molar-refractivity contribution in [2.24, 2.45) is 0 Å². The van der Waals surface area contributed by atoms with E-state index in [1.807, 2.05) is 29.0 Å². The molecule has 2 N–H and O–H groups in total. The summed E-state index contributed by atoms with van der Waals surface area (Å²) in [6.07, 6.45) is 9.65. The van der Waals surface area contributed by atoms with Gasteiger partial charge in [0.25, 0.3) is 5.91 Å². The van der Waals surface area contributed by atoms with Gasteiger partial charge in [0.15, 0.2) is 0 Å². The molecule has 0 spiro atoms. The van der Waals surface area contributed by atoms with E-state index in [0.29, 0.717) is 17.4 Å². The standard InChI is InChI=1S/C23H24N6O/c1-16-3-2-9-28(16)14-19-11-18-13-25-22(12-21(18)26-19)27-23(30)17-4-6-20(7-5-17)29-10-8-24-15-29/h4-8,10-13,15-16,26H,2-3,9,14H2,1H3,(H,25,27,30)/t16-/m0/s1. The summed E-state index contributed by atoms with van der Waals surface area (Å²) in [5, 5.41) is 3.95. The topological polar surface area (TPSA) is 78.8 Å². The van der Waals surface area contributed by atoms with Crippen molar-refractivity contribution in [1.82, 2.24) is 24.4 Å². The first kappa shape index (κ1) is 18.6. The summed E-state index contributed by atoms with van der Waals surface area (Å²) in [6, 6.07) is 12.1. The number of anilines is 1. The number of nitrogens with one attached hydrogen (secondary N) is 2. The van der Waals surface area contributed by atoms with Crippen LogP contribution >= 0.6 is 0 Å². The number of nitrogens with zero attached hydrogens (tertiary/aromatic N) is 4. The number of hydrogen-bond acceptors (Lipinski definition) is 4. The van der Waals surface area contributed by atoms with Crippen molar-refractivity contribution in [3.05, 3.63) is 72.6 Å². The average Bonchev–Trinajstić information content (AvgIpc) is 3.50. The van der Waals surface area contributed by atoms with Gasteiger partial charge in [-0.3, -0.25) is 9.69 Å². The summed E-state index contributed by atoms with van der Waals surface area (Å²) in [5.41, 5.74) is 3.70. The number of benzene rings is 1. The van der Waals surface area contributed by atoms with Gasteiger partial charge in [-0.15, -0.1) is 0 Å². The van der Waals surface area contributed by atoms with Crippen molar-refractivity contribution >= 4 is 22.6 Å². The van der Waals surface area contributed by atoms with Crippen LogP contribution in [-0.4, -0.2) is 42.9 Å². The van der Waals surface area contributed by atoms with Gasteiger partial charge in [0, 0.05) is 59.6 Å². The lowest BCUT2D eigenvalue weighted by molar-refractivity contribution is 0.102. The summed E-state index contributed by atoms with van der Waals surface area (Å²) in [7, 11) is 0. The fourth-order valence-electron chi connectivity index (χ4n) is 4.07. The van der Waals surface area contributed by atoms with Gasteiger partial charge in [-0.25, -0.2) is 9.97 Å². The van der Waals surface area contributed by atoms with Crippen LogP contribution in [-0.2, 0) is 6.54 Å². The molecule has 7 nitrogen and oxygen atoms in total. The number of carbonyl (C=O) groups is 1. The molecule has 7 heteroatoms. The molecule has 0 radical (unpaired) electrons. The van der Waals surface area contributed by atoms with E-state index in [2.05, 4.69) is 38.2 Å². The number of fused-ring (bicyclic) bond motifs is 1. The second kappa shape index (κ2) is 7.76. The van der Waals surface area contributed by atoms with Gasteiger partial charge in [-0.05, 0) is 56.6 Å². The fourth-order valence-corrected chi connectivity index (χ4v) is 4.07. The lowest BCUT2D eigenvalue weighted by atomic mass is 10.2. The minimum Gasteiger partial charge on any atom is -0.357 e. The van der Waals surface area contributed by atoms with Crippen LogP contribution in [0.1, 0.15) is 35.8 Å². The Balaban J connectivity index is 1.29. The molecule has 1 aliphatic heterocycles. The molecular weight excluding hydrogens is 376 g/mol. The Morgan fingerprint density at radius 2 is 2.13 bits per heavy atom. The maximum absolute atomic E-state index is 12.6. The second-order valence-corrected chi connectivity index (χ2v) is 7.88. The SMILES string of the molecule is C[C@H]1CCCN1Cc1cc2cnc(NC(=O)c3ccc(-n4ccnc4)cc3)cc2[nH]1. The maximum atomic E-state index is 12.6. The van der Waals surface area contributed by atoms with Crippen LogP contribution in [0.15, 0.2) is 61.3 Å². The third kappa shape index (κ3) is 3.71. The summed E-state index contributed by atoms with van der Waals surface area (Å²) < 4.78 is 1.89. The van der Waals surface area contributed by atoms with Gasteiger partial charge in [0.05, 0.1) is 11.8 Å². The Hall–Kier alpha value is -3.45. The average molecular weight is 400 g/mol. The lowest BCUT2D eigenvalue weighted by Crippen LogP contribution is -2.26. The van der Waals surface area contributed by atoms with Crippen molar-refractivity contribution < 1.29 is 4.79 Å². The van der Waals surface area contributed by atoms with Crippen LogP contribution in [0.4, 0.5) is 5.82 Å². The third-order valence-corrected chi connectivity index (χ3v) is 5.80. The van der Waals surface area contributed by atoms with E-state index in [1.54, 1.807) is 30.9 Å². The summed E-state index contributed by atoms with van der Waals surface area (Å²) in [4.78, 5) is 27.1. The minimum atomic E-state index is -0.184. The highest BCUT2D eigenvalue weighted by Gasteiger charge is 2.20. The molecule has 0 saturated carbocycles. The molecule has 0 bridgehead atoms. The Kier molecular flexibility index (Phi) is 4.80. The Morgan fingerprint density at radius 3 is 2.87 bits per heavy atom. The lowest BCUT2D eigenvalue weighted by Gasteiger charge is -2.19. The second-order valence-electron chi connectivity index (χ2n) is 7.88. The van der Waals surface area contributed by atoms with Gasteiger partial charge in [0.2, 0.25) is 0 Å². The molecule has 0 unspecified atom stereocenters. The molecule has 152 valence electrons. The summed E-state index contributed by atoms with van der Waals surface area (Å²) in [5.74, 6) is 0.353. The highest BCUT2D eigenvalue weighted by molar-refractivity contribution is 6.04. The zero-order valence-corrected chi connectivity index (χ0v) is 16.9. The van der Waals surface area contributed by atoms with Crippen molar-refractivity contribution in [3.8, 4) is 5.69 Å². The van der Waals surface area contributed by atoms with Gasteiger partial charge in [-0.1, -0.05) is 0 Å². The normalized spacial score (nSPS) is 16.9. The zero-order valence-electron chi connectivity index (χ0n) is 16.9. The van der Waals surface area contributed by atoms with Crippen molar-refractivity contribution in [1.29, 1.82) is 0 Å². The van der Waals surface area contributed by atoms with Crippen LogP contribution < -0.4 is 5.32 Å². The van der Waals surface area contributed by atoms with E-state index in [-0.39, 0.29) is 5.91 Å². The number of amides is 1. The van der Waals surface area contributed by atoms with Crippen molar-refractivity contribution in [2.45, 2.75) is 32.4 Å². The van der Waals surface area contributed by atoms with Crippen LogP contribution in [0, 0.1) is 0 Å². The molecule has 1 amide bonds. The van der Waals surface area contributed by atoms with E-state index in [1.165, 1.54) is 18.5 Å². The Morgan fingerprint density at radius 1 is 1.27 bits per heavy atom. The molecule has 1 aromatic carbocycles. The van der Waals surface area contributed by atoms with E-state index in [4.69, 9.17) is 0 Å². The van der Waals surface area contributed by atoms with E-state index in [9.17, 15) is 4.79 Å². The van der Waals surface area contributed by atoms with Crippen molar-refractivity contribution in [3.63, 3.8) is 0 Å². The fraction of sp³-hybridized carbons (Fsp3) is 0.261. The minimum absolute atomic E-state index is 0.184. The molecule has 0 aliphatic carbocycles. The predicted octanol–water partition coefficient (Wildman–Crippen LogP) is 3.99. The summed E-state index contributed by atoms with van der Waals surface area (Å²) in [6.45, 7) is 4.35. The molecule has 1 fully saturated rings. The van der Waals surface area contributed by atoms with Crippen LogP contribution in [0.5, 0.6) is 0 Å². The van der Waals surface area contributed by atoms with E-state index in [0.717, 1.165) is 29.7 Å². The third-order valence-electron chi connectivity index (χ3n) is 5.80. The van der Waals surface area contributed by atoms with Gasteiger partial charge in [-0.2, -0.15) is 0 Å². The first-order valence-electron chi connectivity index (χ1n) is 10.3. The number of carbonyl (C=O) groups excluding carboxylic acids is 1. The number of hydrogen-bond donors (Lipinski definition) is 2. The number of likely N-dealkylation sites (tertiary alicyclic amines) is 1. The van der Waals surface area contributed by atoms with Crippen LogP contribution in [0.25, 0.3) is 16.6 Å². The highest BCUT2D eigenvalue weighted by atomic mass is 16.1. The Labute approximate surface area is 174 Å². The number of pyridine rings is 1. The number of rotatable bonds is 5. The van der Waals surface area contributed by atoms with Crippen molar-refractivity contribution in [2.75, 3.05) is 11.9 Å². The number of aromatic amines is 1. The number of aromatic nitrogens is 4. The van der Waals surface area contributed by atoms with E-state index >= 15 is 0 Å². The molecule has 30 heavy (non-hydrogen) atoms. The molecular formula is C23H24N6O. The number of H-pyrrole nitrogens is 1. The molecule has 4 heterocycles. The molecule has 3 aromatic heterocycles. The van der Waals surface area contributed by atoms with Crippen LogP contribution in [0.2, 0.25) is 0 Å².